The van der Waals surface area contributed by atoms with Gasteiger partial charge < -0.3 is 5.32 Å². The van der Waals surface area contributed by atoms with Gasteiger partial charge in [-0.15, -0.1) is 0 Å². The Hall–Kier alpha value is -0.870. The highest BCUT2D eigenvalue weighted by Gasteiger charge is 2.49. The normalized spacial score (nSPS) is 17.7. The molecule has 1 saturated carbocycles. The van der Waals surface area contributed by atoms with Crippen molar-refractivity contribution < 1.29 is 0 Å². The van der Waals surface area contributed by atoms with E-state index in [4.69, 9.17) is 0 Å². The summed E-state index contributed by atoms with van der Waals surface area (Å²) >= 11 is 2.36. The summed E-state index contributed by atoms with van der Waals surface area (Å²) in [5.74, 6) is 0. The van der Waals surface area contributed by atoms with E-state index in [9.17, 15) is 0 Å². The molecule has 2 aromatic rings. The number of likely N-dealkylation sites (N-methyl/N-ethyl adjacent to an activating group) is 1. The van der Waals surface area contributed by atoms with Crippen LogP contribution in [0.15, 0.2) is 54.6 Å². The quantitative estimate of drug-likeness (QED) is 0.772. The average molecular weight is 377 g/mol. The van der Waals surface area contributed by atoms with Crippen LogP contribution in [0.3, 0.4) is 0 Å². The second-order valence-electron chi connectivity index (χ2n) is 5.69. The lowest BCUT2D eigenvalue weighted by molar-refractivity contribution is 0.442. The predicted octanol–water partition coefficient (Wildman–Crippen LogP) is 4.15. The Morgan fingerprint density at radius 1 is 1.05 bits per heavy atom. The molecular formula is C18H20IN. The molecule has 0 bridgehead atoms. The van der Waals surface area contributed by atoms with Crippen LogP contribution in [0.2, 0.25) is 0 Å². The van der Waals surface area contributed by atoms with Crippen molar-refractivity contribution in [3.8, 4) is 0 Å². The van der Waals surface area contributed by atoms with Gasteiger partial charge in [-0.05, 0) is 72.2 Å². The summed E-state index contributed by atoms with van der Waals surface area (Å²) in [6, 6.07) is 20.4. The van der Waals surface area contributed by atoms with Crippen LogP contribution < -0.4 is 5.32 Å². The summed E-state index contributed by atoms with van der Waals surface area (Å²) in [6.07, 6.45) is 3.70. The van der Waals surface area contributed by atoms with Crippen molar-refractivity contribution in [3.63, 3.8) is 0 Å². The van der Waals surface area contributed by atoms with Gasteiger partial charge in [-0.1, -0.05) is 42.5 Å². The van der Waals surface area contributed by atoms with Gasteiger partial charge in [0.25, 0.3) is 0 Å². The van der Waals surface area contributed by atoms with Gasteiger partial charge in [0.2, 0.25) is 0 Å². The Morgan fingerprint density at radius 2 is 1.70 bits per heavy atom. The molecule has 1 aliphatic carbocycles. The highest BCUT2D eigenvalue weighted by atomic mass is 127. The minimum Gasteiger partial charge on any atom is -0.316 e. The molecule has 1 atom stereocenters. The first-order valence-corrected chi connectivity index (χ1v) is 8.30. The van der Waals surface area contributed by atoms with Crippen LogP contribution in [0.5, 0.6) is 0 Å². The molecule has 1 nitrogen and oxygen atoms in total. The zero-order chi connectivity index (χ0) is 14.0. The van der Waals surface area contributed by atoms with Crippen LogP contribution in [0.1, 0.15) is 24.0 Å². The van der Waals surface area contributed by atoms with Crippen LogP contribution in [0.4, 0.5) is 0 Å². The molecule has 0 heterocycles. The van der Waals surface area contributed by atoms with Gasteiger partial charge in [0.05, 0.1) is 0 Å². The van der Waals surface area contributed by atoms with E-state index in [1.165, 1.54) is 27.5 Å². The SMILES string of the molecule is CNC(Cc1ccc(I)cc1)C1(c2ccccc2)CC1. The Bertz CT molecular complexity index is 558. The van der Waals surface area contributed by atoms with Gasteiger partial charge in [0.1, 0.15) is 0 Å². The van der Waals surface area contributed by atoms with Gasteiger partial charge in [-0.2, -0.15) is 0 Å². The fraction of sp³-hybridized carbons (Fsp3) is 0.333. The molecule has 2 heteroatoms. The van der Waals surface area contributed by atoms with E-state index in [0.29, 0.717) is 11.5 Å². The molecule has 0 amide bonds. The Kier molecular flexibility index (Phi) is 4.13. The van der Waals surface area contributed by atoms with E-state index in [-0.39, 0.29) is 0 Å². The van der Waals surface area contributed by atoms with E-state index < -0.39 is 0 Å². The maximum Gasteiger partial charge on any atom is 0.0201 e. The molecule has 1 unspecified atom stereocenters. The summed E-state index contributed by atoms with van der Waals surface area (Å²) in [6.45, 7) is 0. The van der Waals surface area contributed by atoms with Gasteiger partial charge in [0, 0.05) is 15.0 Å². The average Bonchev–Trinajstić information content (AvgIpc) is 3.29. The molecule has 0 saturated heterocycles. The van der Waals surface area contributed by atoms with E-state index in [1.54, 1.807) is 0 Å². The molecule has 0 spiro atoms. The van der Waals surface area contributed by atoms with Crippen molar-refractivity contribution in [2.24, 2.45) is 0 Å². The van der Waals surface area contributed by atoms with Crippen molar-refractivity contribution in [1.29, 1.82) is 0 Å². The number of halogens is 1. The van der Waals surface area contributed by atoms with Gasteiger partial charge >= 0.3 is 0 Å². The van der Waals surface area contributed by atoms with Crippen LogP contribution in [-0.2, 0) is 11.8 Å². The molecule has 0 radical (unpaired) electrons. The van der Waals surface area contributed by atoms with Crippen molar-refractivity contribution in [2.75, 3.05) is 7.05 Å². The third kappa shape index (κ3) is 2.77. The zero-order valence-electron chi connectivity index (χ0n) is 11.8. The van der Waals surface area contributed by atoms with Gasteiger partial charge in [-0.3, -0.25) is 0 Å². The highest BCUT2D eigenvalue weighted by Crippen LogP contribution is 2.51. The smallest absolute Gasteiger partial charge is 0.0201 e. The summed E-state index contributed by atoms with van der Waals surface area (Å²) in [4.78, 5) is 0. The number of hydrogen-bond acceptors (Lipinski definition) is 1. The number of nitrogens with one attached hydrogen (secondary N) is 1. The Labute approximate surface area is 134 Å². The van der Waals surface area contributed by atoms with Crippen molar-refractivity contribution in [2.45, 2.75) is 30.7 Å². The largest absolute Gasteiger partial charge is 0.316 e. The Balaban J connectivity index is 1.82. The first-order chi connectivity index (χ1) is 9.74. The second-order valence-corrected chi connectivity index (χ2v) is 6.94. The summed E-state index contributed by atoms with van der Waals surface area (Å²) in [7, 11) is 2.10. The molecule has 1 fully saturated rings. The van der Waals surface area contributed by atoms with Crippen LogP contribution in [0.25, 0.3) is 0 Å². The lowest BCUT2D eigenvalue weighted by Gasteiger charge is -2.27. The van der Waals surface area contributed by atoms with Crippen LogP contribution in [0, 0.1) is 3.57 Å². The first-order valence-electron chi connectivity index (χ1n) is 7.22. The van der Waals surface area contributed by atoms with Gasteiger partial charge in [-0.25, -0.2) is 0 Å². The monoisotopic (exact) mass is 377 g/mol. The van der Waals surface area contributed by atoms with Crippen LogP contribution in [-0.4, -0.2) is 13.1 Å². The van der Waals surface area contributed by atoms with Gasteiger partial charge in [0.15, 0.2) is 0 Å². The number of benzene rings is 2. The van der Waals surface area contributed by atoms with E-state index in [0.717, 1.165) is 6.42 Å². The summed E-state index contributed by atoms with van der Waals surface area (Å²) in [5, 5.41) is 3.56. The summed E-state index contributed by atoms with van der Waals surface area (Å²) < 4.78 is 1.30. The molecule has 3 rings (SSSR count). The lowest BCUT2D eigenvalue weighted by atomic mass is 9.84. The van der Waals surface area contributed by atoms with E-state index in [2.05, 4.69) is 89.6 Å². The Morgan fingerprint density at radius 3 is 2.25 bits per heavy atom. The molecule has 1 aliphatic rings. The molecule has 1 N–H and O–H groups in total. The minimum absolute atomic E-state index is 0.346. The maximum absolute atomic E-state index is 3.56. The number of hydrogen-bond donors (Lipinski definition) is 1. The topological polar surface area (TPSA) is 12.0 Å². The molecule has 2 aromatic carbocycles. The molecule has 20 heavy (non-hydrogen) atoms. The summed E-state index contributed by atoms with van der Waals surface area (Å²) in [5.41, 5.74) is 3.26. The highest BCUT2D eigenvalue weighted by molar-refractivity contribution is 14.1. The first kappa shape index (κ1) is 14.1. The van der Waals surface area contributed by atoms with E-state index in [1.807, 2.05) is 0 Å². The molecular weight excluding hydrogens is 357 g/mol. The molecule has 0 aliphatic heterocycles. The lowest BCUT2D eigenvalue weighted by Crippen LogP contribution is -2.39. The fourth-order valence-corrected chi connectivity index (χ4v) is 3.53. The minimum atomic E-state index is 0.346. The van der Waals surface area contributed by atoms with Crippen molar-refractivity contribution in [3.05, 3.63) is 69.3 Å². The van der Waals surface area contributed by atoms with Crippen molar-refractivity contribution in [1.82, 2.24) is 5.32 Å². The predicted molar refractivity (Wildman–Crippen MR) is 93.1 cm³/mol. The maximum atomic E-state index is 3.56. The zero-order valence-corrected chi connectivity index (χ0v) is 13.9. The molecule has 0 aromatic heterocycles. The van der Waals surface area contributed by atoms with Crippen LogP contribution >= 0.6 is 22.6 Å². The third-order valence-electron chi connectivity index (χ3n) is 4.51. The fourth-order valence-electron chi connectivity index (χ4n) is 3.17. The molecule has 104 valence electrons. The second kappa shape index (κ2) is 5.86. The van der Waals surface area contributed by atoms with E-state index >= 15 is 0 Å². The van der Waals surface area contributed by atoms with Crippen molar-refractivity contribution >= 4 is 22.6 Å². The third-order valence-corrected chi connectivity index (χ3v) is 5.23. The standard InChI is InChI=1S/C18H20IN/c1-20-17(13-14-7-9-16(19)10-8-14)18(11-12-18)15-5-3-2-4-6-15/h2-10,17,20H,11-13H2,1H3. The number of rotatable bonds is 5.